The summed E-state index contributed by atoms with van der Waals surface area (Å²) in [5.41, 5.74) is -2.70. The van der Waals surface area contributed by atoms with Gasteiger partial charge in [-0.15, -0.1) is 13.2 Å². The van der Waals surface area contributed by atoms with Crippen LogP contribution >= 0.6 is 11.6 Å². The van der Waals surface area contributed by atoms with E-state index in [4.69, 9.17) is 21.1 Å². The summed E-state index contributed by atoms with van der Waals surface area (Å²) in [5, 5.41) is 24.6. The molecular formula is C30H30ClF3N3O9S+. The second-order valence-corrected chi connectivity index (χ2v) is 13.3. The molecule has 2 amide bonds. The zero-order valence-electron chi connectivity index (χ0n) is 25.3. The maximum Gasteiger partial charge on any atom is 0.573 e. The number of aliphatic hydroxyl groups excluding tert-OH is 2. The number of hydrogen-bond donors (Lipinski definition) is 3. The maximum absolute atomic E-state index is 15.3. The summed E-state index contributed by atoms with van der Waals surface area (Å²) < 4.78 is 83.9. The lowest BCUT2D eigenvalue weighted by Gasteiger charge is -2.48. The summed E-state index contributed by atoms with van der Waals surface area (Å²) in [7, 11) is -0.173. The Kier molecular flexibility index (Phi) is 8.64. The summed E-state index contributed by atoms with van der Waals surface area (Å²) in [5.74, 6) is -3.34. The fraction of sp³-hybridized carbons (Fsp3) is 0.333. The van der Waals surface area contributed by atoms with Gasteiger partial charge in [-0.1, -0.05) is 23.7 Å². The Labute approximate surface area is 272 Å². The molecule has 12 nitrogen and oxygen atoms in total. The molecule has 47 heavy (non-hydrogen) atoms. The molecule has 252 valence electrons. The molecule has 3 N–H and O–H groups in total. The molecule has 5 rings (SSSR count). The lowest BCUT2D eigenvalue weighted by molar-refractivity contribution is -0.954. The molecule has 1 fully saturated rings. The van der Waals surface area contributed by atoms with E-state index in [2.05, 4.69) is 10.1 Å². The molecule has 1 saturated heterocycles. The third kappa shape index (κ3) is 5.14. The number of alkyl halides is 3. The standard InChI is InChI=1S/C30H29ClF3N3O9S/c1-35-27(40)25-26(39)21(38)15-37(25,2)29(18-7-5-6-8-22(18)45-4)19-13-16(31)9-11-20(19)36(28(29)41)47(42,43)24-12-10-17(44-3)14-23(24)46-30(32,33)34/h5-14,21,25-26,38-39H,15H2,1-4H3/p+1/t21?,25-,26?,29?,37?/m0/s1. The average Bonchev–Trinajstić information content (AvgIpc) is 3.41. The number of para-hydroxylation sites is 1. The van der Waals surface area contributed by atoms with Crippen LogP contribution in [0.5, 0.6) is 17.2 Å². The third-order valence-corrected chi connectivity index (χ3v) is 10.6. The molecule has 17 heteroatoms. The number of fused-ring (bicyclic) bond motifs is 1. The van der Waals surface area contributed by atoms with Crippen molar-refractivity contribution in [1.29, 1.82) is 0 Å². The molecule has 2 heterocycles. The Morgan fingerprint density at radius 2 is 1.72 bits per heavy atom. The minimum absolute atomic E-state index is 0.0212. The van der Waals surface area contributed by atoms with Gasteiger partial charge in [-0.2, -0.15) is 4.31 Å². The number of carbonyl (C=O) groups is 2. The third-order valence-electron chi connectivity index (χ3n) is 8.63. The van der Waals surface area contributed by atoms with E-state index in [1.54, 1.807) is 6.07 Å². The van der Waals surface area contributed by atoms with Crippen LogP contribution in [-0.2, 0) is 25.2 Å². The van der Waals surface area contributed by atoms with Crippen LogP contribution in [0.25, 0.3) is 0 Å². The SMILES string of the molecule is CNC(=O)[C@@H]1C(O)C(O)C[N+]1(C)C1(c2ccccc2OC)C(=O)N(S(=O)(=O)c2ccc(OC)cc2OC(F)(F)F)c2ccc(Cl)cc21. The predicted molar refractivity (Wildman–Crippen MR) is 160 cm³/mol. The van der Waals surface area contributed by atoms with Crippen molar-refractivity contribution in [3.8, 4) is 17.2 Å². The van der Waals surface area contributed by atoms with E-state index in [1.165, 1.54) is 57.6 Å². The second kappa shape index (κ2) is 11.9. The van der Waals surface area contributed by atoms with E-state index >= 15 is 4.79 Å². The van der Waals surface area contributed by atoms with Gasteiger partial charge in [0.05, 0.1) is 38.1 Å². The first-order chi connectivity index (χ1) is 22.0. The molecular weight excluding hydrogens is 671 g/mol. The van der Waals surface area contributed by atoms with E-state index < -0.39 is 73.7 Å². The van der Waals surface area contributed by atoms with Gasteiger partial charge >= 0.3 is 12.3 Å². The molecule has 3 aromatic carbocycles. The number of ether oxygens (including phenoxy) is 3. The number of rotatable bonds is 8. The molecule has 5 atom stereocenters. The normalized spacial score (nSPS) is 25.8. The number of anilines is 1. The van der Waals surface area contributed by atoms with E-state index in [9.17, 15) is 36.6 Å². The number of amides is 2. The van der Waals surface area contributed by atoms with Crippen LogP contribution in [0.3, 0.4) is 0 Å². The molecule has 0 saturated carbocycles. The summed E-state index contributed by atoms with van der Waals surface area (Å²) in [6.07, 6.45) is -8.65. The van der Waals surface area contributed by atoms with Crippen LogP contribution in [0.4, 0.5) is 18.9 Å². The Morgan fingerprint density at radius 1 is 1.04 bits per heavy atom. The highest BCUT2D eigenvalue weighted by atomic mass is 35.5. The number of quaternary nitrogens is 1. The highest BCUT2D eigenvalue weighted by Gasteiger charge is 2.74. The minimum atomic E-state index is -5.33. The van der Waals surface area contributed by atoms with Crippen LogP contribution in [-0.4, -0.2) is 94.4 Å². The molecule has 0 aromatic heterocycles. The number of methoxy groups -OCH3 is 2. The van der Waals surface area contributed by atoms with Gasteiger partial charge in [-0.25, -0.2) is 8.42 Å². The monoisotopic (exact) mass is 700 g/mol. The molecule has 0 aliphatic carbocycles. The number of likely N-dealkylation sites (N-methyl/N-ethyl adjacent to an activating group) is 2. The van der Waals surface area contributed by atoms with Gasteiger partial charge in [0.1, 0.15) is 35.1 Å². The number of halogens is 4. The predicted octanol–water partition coefficient (Wildman–Crippen LogP) is 2.53. The second-order valence-electron chi connectivity index (χ2n) is 11.1. The van der Waals surface area contributed by atoms with Gasteiger partial charge < -0.3 is 29.7 Å². The Hall–Kier alpha value is -4.09. The fourth-order valence-electron chi connectivity index (χ4n) is 6.75. The van der Waals surface area contributed by atoms with Gasteiger partial charge in [0.15, 0.2) is 11.8 Å². The van der Waals surface area contributed by atoms with Crippen molar-refractivity contribution in [1.82, 2.24) is 5.32 Å². The van der Waals surface area contributed by atoms with E-state index in [1.807, 2.05) is 0 Å². The van der Waals surface area contributed by atoms with Crippen molar-refractivity contribution >= 4 is 39.1 Å². The van der Waals surface area contributed by atoms with Crippen LogP contribution in [0.2, 0.25) is 5.02 Å². The van der Waals surface area contributed by atoms with Crippen molar-refractivity contribution < 1.29 is 60.1 Å². The minimum Gasteiger partial charge on any atom is -0.497 e. The molecule has 0 spiro atoms. The Bertz CT molecular complexity index is 1860. The summed E-state index contributed by atoms with van der Waals surface area (Å²) in [6, 6.07) is 10.8. The molecule has 2 aliphatic rings. The number of nitrogens with zero attached hydrogens (tertiary/aromatic N) is 2. The number of aliphatic hydroxyl groups is 2. The lowest BCUT2D eigenvalue weighted by Crippen LogP contribution is -2.70. The highest BCUT2D eigenvalue weighted by Crippen LogP contribution is 2.58. The van der Waals surface area contributed by atoms with Gasteiger partial charge in [0, 0.05) is 18.1 Å². The van der Waals surface area contributed by atoms with Crippen molar-refractivity contribution in [3.63, 3.8) is 0 Å². The number of likely N-dealkylation sites (tertiary alicyclic amines) is 1. The highest BCUT2D eigenvalue weighted by molar-refractivity contribution is 7.93. The van der Waals surface area contributed by atoms with E-state index in [-0.39, 0.29) is 33.3 Å². The van der Waals surface area contributed by atoms with Crippen molar-refractivity contribution in [2.45, 2.75) is 35.0 Å². The van der Waals surface area contributed by atoms with Crippen LogP contribution < -0.4 is 23.8 Å². The van der Waals surface area contributed by atoms with Crippen LogP contribution in [0.15, 0.2) is 65.6 Å². The number of hydrogen-bond acceptors (Lipinski definition) is 9. The number of sulfonamides is 1. The van der Waals surface area contributed by atoms with Gasteiger partial charge in [-0.05, 0) is 42.5 Å². The summed E-state index contributed by atoms with van der Waals surface area (Å²) in [4.78, 5) is 27.7. The number of carbonyl (C=O) groups excluding carboxylic acids is 2. The molecule has 4 unspecified atom stereocenters. The largest absolute Gasteiger partial charge is 0.573 e. The number of benzene rings is 3. The van der Waals surface area contributed by atoms with Crippen molar-refractivity contribution in [2.24, 2.45) is 0 Å². The molecule has 3 aromatic rings. The van der Waals surface area contributed by atoms with Crippen LogP contribution in [0.1, 0.15) is 11.1 Å². The van der Waals surface area contributed by atoms with Gasteiger partial charge in [0.2, 0.25) is 5.54 Å². The Balaban J connectivity index is 1.91. The quantitative estimate of drug-likeness (QED) is 0.301. The first-order valence-electron chi connectivity index (χ1n) is 13.9. The van der Waals surface area contributed by atoms with Crippen molar-refractivity contribution in [3.05, 3.63) is 76.8 Å². The zero-order valence-corrected chi connectivity index (χ0v) is 26.9. The lowest BCUT2D eigenvalue weighted by atomic mass is 9.78. The van der Waals surface area contributed by atoms with Crippen LogP contribution in [0, 0.1) is 0 Å². The van der Waals surface area contributed by atoms with E-state index in [0.29, 0.717) is 10.4 Å². The Morgan fingerprint density at radius 3 is 2.34 bits per heavy atom. The smallest absolute Gasteiger partial charge is 0.497 e. The maximum atomic E-state index is 15.3. The topological polar surface area (TPSA) is 152 Å². The number of nitrogens with one attached hydrogen (secondary N) is 1. The van der Waals surface area contributed by atoms with E-state index in [0.717, 1.165) is 19.2 Å². The summed E-state index contributed by atoms with van der Waals surface area (Å²) in [6.45, 7) is -0.464. The molecule has 2 aliphatic heterocycles. The summed E-state index contributed by atoms with van der Waals surface area (Å²) >= 11 is 6.45. The first-order valence-corrected chi connectivity index (χ1v) is 15.7. The fourth-order valence-corrected chi connectivity index (χ4v) is 8.49. The zero-order chi connectivity index (χ0) is 34.7. The molecule has 0 bridgehead atoms. The van der Waals surface area contributed by atoms with Crippen molar-refractivity contribution in [2.75, 3.05) is 39.2 Å². The van der Waals surface area contributed by atoms with Gasteiger partial charge in [0.25, 0.3) is 15.9 Å². The van der Waals surface area contributed by atoms with Gasteiger partial charge in [-0.3, -0.25) is 14.1 Å². The first kappa shape index (κ1) is 34.3. The molecule has 0 radical (unpaired) electrons. The average molecular weight is 701 g/mol.